The highest BCUT2D eigenvalue weighted by Gasteiger charge is 2.18. The molecule has 2 rings (SSSR count). The Bertz CT molecular complexity index is 732. The van der Waals surface area contributed by atoms with Crippen molar-refractivity contribution in [1.82, 2.24) is 4.90 Å². The van der Waals surface area contributed by atoms with Crippen molar-refractivity contribution in [3.8, 4) is 0 Å². The maximum Gasteiger partial charge on any atom is 0.102 e. The molecule has 2 aromatic rings. The Morgan fingerprint density at radius 3 is 2.36 bits per heavy atom. The predicted octanol–water partition coefficient (Wildman–Crippen LogP) is 5.78. The molecule has 25 heavy (non-hydrogen) atoms. The van der Waals surface area contributed by atoms with E-state index in [0.717, 1.165) is 11.1 Å². The van der Waals surface area contributed by atoms with Gasteiger partial charge in [-0.15, -0.1) is 0 Å². The maximum atomic E-state index is 6.36. The molecule has 0 fully saturated rings. The van der Waals surface area contributed by atoms with Gasteiger partial charge in [-0.25, -0.2) is 0 Å². The molecule has 0 aliphatic carbocycles. The lowest BCUT2D eigenvalue weighted by Gasteiger charge is -2.25. The number of hydrogen-bond donors (Lipinski definition) is 1. The first-order valence-electron chi connectivity index (χ1n) is 7.61. The molecule has 0 aliphatic rings. The summed E-state index contributed by atoms with van der Waals surface area (Å²) in [5, 5.41) is 1.81. The molecule has 0 aliphatic heterocycles. The lowest BCUT2D eigenvalue weighted by atomic mass is 10.1. The van der Waals surface area contributed by atoms with Crippen LogP contribution in [-0.4, -0.2) is 11.4 Å². The first-order chi connectivity index (χ1) is 12.0. The number of nitrogens with two attached hydrogens (primary N) is 1. The van der Waals surface area contributed by atoms with Gasteiger partial charge in [0.25, 0.3) is 0 Å². The molecule has 0 heterocycles. The summed E-state index contributed by atoms with van der Waals surface area (Å²) in [7, 11) is 0. The Morgan fingerprint density at radius 2 is 1.76 bits per heavy atom. The minimum Gasteiger partial charge on any atom is -0.403 e. The quantitative estimate of drug-likeness (QED) is 0.613. The summed E-state index contributed by atoms with van der Waals surface area (Å²) in [5.41, 5.74) is 7.34. The zero-order valence-electron chi connectivity index (χ0n) is 13.5. The van der Waals surface area contributed by atoms with E-state index in [1.807, 2.05) is 35.2 Å². The van der Waals surface area contributed by atoms with E-state index in [9.17, 15) is 0 Å². The molecule has 1 atom stereocenters. The van der Waals surface area contributed by atoms with Crippen LogP contribution in [0.4, 0.5) is 0 Å². The van der Waals surface area contributed by atoms with Gasteiger partial charge in [0.1, 0.15) is 6.10 Å². The largest absolute Gasteiger partial charge is 0.403 e. The van der Waals surface area contributed by atoms with Crippen molar-refractivity contribution in [1.29, 1.82) is 0 Å². The van der Waals surface area contributed by atoms with E-state index in [1.54, 1.807) is 24.5 Å². The van der Waals surface area contributed by atoms with Crippen molar-refractivity contribution in [2.75, 3.05) is 6.54 Å². The van der Waals surface area contributed by atoms with Gasteiger partial charge in [-0.2, -0.15) is 0 Å². The normalized spacial score (nSPS) is 12.3. The van der Waals surface area contributed by atoms with Gasteiger partial charge < -0.3 is 15.4 Å². The Kier molecular flexibility index (Phi) is 7.66. The van der Waals surface area contributed by atoms with Crippen molar-refractivity contribution < 1.29 is 4.74 Å². The number of halogens is 3. The van der Waals surface area contributed by atoms with Gasteiger partial charge in [0.05, 0.1) is 13.2 Å². The van der Waals surface area contributed by atoms with Crippen LogP contribution >= 0.6 is 34.8 Å². The molecule has 6 heteroatoms. The van der Waals surface area contributed by atoms with Crippen LogP contribution < -0.4 is 5.73 Å². The molecule has 0 spiro atoms. The maximum absolute atomic E-state index is 6.36. The SMILES string of the molecule is C=CN(/C=C\N)CC(OCc1ccc(Cl)cc1)c1ccc(Cl)cc1Cl. The van der Waals surface area contributed by atoms with Crippen LogP contribution in [0.15, 0.2) is 67.6 Å². The van der Waals surface area contributed by atoms with E-state index >= 15 is 0 Å². The topological polar surface area (TPSA) is 38.5 Å². The fourth-order valence-electron chi connectivity index (χ4n) is 2.28. The van der Waals surface area contributed by atoms with Gasteiger partial charge in [-0.1, -0.05) is 59.6 Å². The molecule has 2 N–H and O–H groups in total. The molecule has 0 bridgehead atoms. The van der Waals surface area contributed by atoms with Crippen LogP contribution in [0.5, 0.6) is 0 Å². The number of ether oxygens (including phenoxy) is 1. The molecule has 1 unspecified atom stereocenters. The second kappa shape index (κ2) is 9.73. The summed E-state index contributed by atoms with van der Waals surface area (Å²) < 4.78 is 6.12. The first kappa shape index (κ1) is 19.7. The molecule has 2 aromatic carbocycles. The highest BCUT2D eigenvalue weighted by molar-refractivity contribution is 6.35. The average Bonchev–Trinajstić information content (AvgIpc) is 2.59. The third-order valence-electron chi connectivity index (χ3n) is 3.56. The average molecular weight is 398 g/mol. The van der Waals surface area contributed by atoms with Gasteiger partial charge in [-0.05, 0) is 36.0 Å². The van der Waals surface area contributed by atoms with Gasteiger partial charge in [0, 0.05) is 33.0 Å². The van der Waals surface area contributed by atoms with Gasteiger partial charge >= 0.3 is 0 Å². The van der Waals surface area contributed by atoms with E-state index in [-0.39, 0.29) is 6.10 Å². The van der Waals surface area contributed by atoms with E-state index in [0.29, 0.717) is 28.2 Å². The Hall–Kier alpha value is -1.65. The fraction of sp³-hybridized carbons (Fsp3) is 0.158. The molecule has 0 aromatic heterocycles. The Balaban J connectivity index is 2.21. The highest BCUT2D eigenvalue weighted by Crippen LogP contribution is 2.30. The first-order valence-corrected chi connectivity index (χ1v) is 8.74. The standard InChI is InChI=1S/C19H19Cl3N2O/c1-2-24(10-9-23)12-19(17-8-7-16(21)11-18(17)22)25-13-14-3-5-15(20)6-4-14/h2-11,19H,1,12-13,23H2/b10-9-. The molecule has 3 nitrogen and oxygen atoms in total. The smallest absolute Gasteiger partial charge is 0.102 e. The van der Waals surface area contributed by atoms with E-state index < -0.39 is 0 Å². The molecule has 0 radical (unpaired) electrons. The second-order valence-electron chi connectivity index (χ2n) is 5.31. The van der Waals surface area contributed by atoms with Gasteiger partial charge in [-0.3, -0.25) is 0 Å². The van der Waals surface area contributed by atoms with Crippen LogP contribution in [0.3, 0.4) is 0 Å². The van der Waals surface area contributed by atoms with E-state index in [4.69, 9.17) is 45.3 Å². The highest BCUT2D eigenvalue weighted by atomic mass is 35.5. The molecule has 132 valence electrons. The van der Waals surface area contributed by atoms with Crippen molar-refractivity contribution in [2.45, 2.75) is 12.7 Å². The number of hydrogen-bond acceptors (Lipinski definition) is 3. The third kappa shape index (κ3) is 5.98. The predicted molar refractivity (Wildman–Crippen MR) is 106 cm³/mol. The number of nitrogens with zero attached hydrogens (tertiary/aromatic N) is 1. The summed E-state index contributed by atoms with van der Waals surface area (Å²) in [4.78, 5) is 1.83. The fourth-order valence-corrected chi connectivity index (χ4v) is 2.94. The van der Waals surface area contributed by atoms with E-state index in [2.05, 4.69) is 6.58 Å². The van der Waals surface area contributed by atoms with Crippen molar-refractivity contribution in [3.05, 3.63) is 93.8 Å². The summed E-state index contributed by atoms with van der Waals surface area (Å²) in [6.45, 7) is 4.71. The molecular weight excluding hydrogens is 379 g/mol. The summed E-state index contributed by atoms with van der Waals surface area (Å²) in [6, 6.07) is 12.9. The van der Waals surface area contributed by atoms with Crippen molar-refractivity contribution in [3.63, 3.8) is 0 Å². The zero-order valence-corrected chi connectivity index (χ0v) is 15.8. The third-order valence-corrected chi connectivity index (χ3v) is 4.38. The van der Waals surface area contributed by atoms with Gasteiger partial charge in [0.2, 0.25) is 0 Å². The minimum absolute atomic E-state index is 0.297. The summed E-state index contributed by atoms with van der Waals surface area (Å²) >= 11 is 18.3. The van der Waals surface area contributed by atoms with Crippen LogP contribution in [0.1, 0.15) is 17.2 Å². The van der Waals surface area contributed by atoms with Crippen molar-refractivity contribution in [2.24, 2.45) is 5.73 Å². The zero-order chi connectivity index (χ0) is 18.2. The second-order valence-corrected chi connectivity index (χ2v) is 6.59. The molecular formula is C19H19Cl3N2O. The minimum atomic E-state index is -0.297. The van der Waals surface area contributed by atoms with E-state index in [1.165, 1.54) is 6.20 Å². The van der Waals surface area contributed by atoms with Crippen LogP contribution in [0.25, 0.3) is 0 Å². The lowest BCUT2D eigenvalue weighted by molar-refractivity contribution is 0.0286. The molecule has 0 amide bonds. The van der Waals surface area contributed by atoms with Crippen molar-refractivity contribution >= 4 is 34.8 Å². The summed E-state index contributed by atoms with van der Waals surface area (Å²) in [5.74, 6) is 0. The Morgan fingerprint density at radius 1 is 1.08 bits per heavy atom. The molecule has 0 saturated heterocycles. The monoisotopic (exact) mass is 396 g/mol. The van der Waals surface area contributed by atoms with Crippen LogP contribution in [0, 0.1) is 0 Å². The van der Waals surface area contributed by atoms with Crippen LogP contribution in [0.2, 0.25) is 15.1 Å². The van der Waals surface area contributed by atoms with Gasteiger partial charge in [0.15, 0.2) is 0 Å². The molecule has 0 saturated carbocycles. The number of benzene rings is 2. The number of rotatable bonds is 8. The lowest BCUT2D eigenvalue weighted by Crippen LogP contribution is -2.21. The van der Waals surface area contributed by atoms with Crippen LogP contribution in [-0.2, 0) is 11.3 Å². The Labute approximate surface area is 163 Å². The summed E-state index contributed by atoms with van der Waals surface area (Å²) in [6.07, 6.45) is 4.54.